The number of aliphatic carboxylic acids is 1. The largest absolute Gasteiger partial charge is 1.00 e. The van der Waals surface area contributed by atoms with Crippen molar-refractivity contribution in [1.29, 1.82) is 0 Å². The number of Topliss-reactive ketones (excluding diaryl/α,β-unsaturated/α-hetero) is 1. The van der Waals surface area contributed by atoms with Crippen molar-refractivity contribution in [3.05, 3.63) is 51.5 Å². The van der Waals surface area contributed by atoms with Crippen LogP contribution in [0.15, 0.2) is 39.7 Å². The molecule has 0 aliphatic carbocycles. The maximum atomic E-state index is 11.7. The molecule has 0 aliphatic heterocycles. The molecule has 0 radical (unpaired) electrons. The van der Waals surface area contributed by atoms with Crippen LogP contribution >= 0.6 is 27.7 Å². The Balaban J connectivity index is 0.00000578. The molecule has 0 fully saturated rings. The fraction of sp³-hybridized carbons (Fsp3) is 0.440. The fourth-order valence-electron chi connectivity index (χ4n) is 3.49. The van der Waals surface area contributed by atoms with Gasteiger partial charge in [-0.1, -0.05) is 26.3 Å². The summed E-state index contributed by atoms with van der Waals surface area (Å²) in [6, 6.07) is 8.92. The van der Waals surface area contributed by atoms with Gasteiger partial charge < -0.3 is 21.5 Å². The number of hydrogen-bond acceptors (Lipinski definition) is 6. The Morgan fingerprint density at radius 2 is 1.94 bits per heavy atom. The van der Waals surface area contributed by atoms with Crippen molar-refractivity contribution in [3.63, 3.8) is 0 Å². The van der Waals surface area contributed by atoms with Gasteiger partial charge >= 0.3 is 35.5 Å². The minimum Gasteiger partial charge on any atom is -1.00 e. The Kier molecular flexibility index (Phi) is 13.8. The van der Waals surface area contributed by atoms with Crippen molar-refractivity contribution in [1.82, 2.24) is 0 Å². The first-order chi connectivity index (χ1) is 15.6. The number of phenols is 1. The van der Waals surface area contributed by atoms with Crippen molar-refractivity contribution < 1.29 is 60.6 Å². The molecule has 2 rings (SSSR count). The molecule has 0 bridgehead atoms. The molecular formula is C25H32BrNaO6S. The number of carboxylic acids is 1. The van der Waals surface area contributed by atoms with Crippen LogP contribution in [0.25, 0.3) is 0 Å². The third-order valence-electron chi connectivity index (χ3n) is 5.26. The molecule has 0 saturated carbocycles. The zero-order valence-electron chi connectivity index (χ0n) is 21.1. The molecule has 2 aromatic rings. The van der Waals surface area contributed by atoms with Gasteiger partial charge in [0.1, 0.15) is 11.5 Å². The molecule has 2 aromatic carbocycles. The van der Waals surface area contributed by atoms with Gasteiger partial charge in [0.25, 0.3) is 0 Å². The topological polar surface area (TPSA) is 104 Å². The number of aromatic hydroxyl groups is 1. The number of benzene rings is 2. The van der Waals surface area contributed by atoms with E-state index < -0.39 is 12.1 Å². The molecular weight excluding hydrogens is 531 g/mol. The van der Waals surface area contributed by atoms with Crippen molar-refractivity contribution >= 4 is 39.4 Å². The number of halogens is 1. The summed E-state index contributed by atoms with van der Waals surface area (Å²) in [5.74, 6) is -0.0579. The van der Waals surface area contributed by atoms with Crippen molar-refractivity contribution in [2.75, 3.05) is 12.4 Å². The van der Waals surface area contributed by atoms with Crippen LogP contribution in [0.3, 0.4) is 0 Å². The van der Waals surface area contributed by atoms with Crippen LogP contribution in [0.1, 0.15) is 69.0 Å². The first kappa shape index (κ1) is 31.0. The van der Waals surface area contributed by atoms with Crippen LogP contribution in [0.5, 0.6) is 11.5 Å². The van der Waals surface area contributed by atoms with Gasteiger partial charge in [0.05, 0.1) is 24.7 Å². The Morgan fingerprint density at radius 3 is 2.53 bits per heavy atom. The molecule has 182 valence electrons. The number of aliphatic hydroxyl groups excluding tert-OH is 1. The first-order valence-corrected chi connectivity index (χ1v) is 12.7. The van der Waals surface area contributed by atoms with E-state index in [2.05, 4.69) is 15.9 Å². The van der Waals surface area contributed by atoms with Crippen molar-refractivity contribution in [3.8, 4) is 11.5 Å². The molecule has 2 atom stereocenters. The number of phenolic OH excluding ortho intramolecular Hbond substituents is 1. The van der Waals surface area contributed by atoms with Gasteiger partial charge in [-0.25, -0.2) is 0 Å². The molecule has 0 amide bonds. The van der Waals surface area contributed by atoms with Crippen molar-refractivity contribution in [2.45, 2.75) is 57.5 Å². The second-order valence-corrected chi connectivity index (χ2v) is 10.00. The van der Waals surface area contributed by atoms with E-state index in [1.807, 2.05) is 25.1 Å². The van der Waals surface area contributed by atoms with Crippen LogP contribution < -0.4 is 34.3 Å². The van der Waals surface area contributed by atoms with E-state index >= 15 is 0 Å². The summed E-state index contributed by atoms with van der Waals surface area (Å²) in [4.78, 5) is 23.6. The Hall–Kier alpha value is -1.03. The smallest absolute Gasteiger partial charge is 1.00 e. The van der Waals surface area contributed by atoms with E-state index in [1.165, 1.54) is 6.92 Å². The van der Waals surface area contributed by atoms with Gasteiger partial charge in [0, 0.05) is 20.7 Å². The maximum Gasteiger partial charge on any atom is 1.00 e. The number of aliphatic hydroxyl groups is 1. The Morgan fingerprint density at radius 1 is 1.24 bits per heavy atom. The van der Waals surface area contributed by atoms with E-state index in [0.29, 0.717) is 35.5 Å². The van der Waals surface area contributed by atoms with Gasteiger partial charge in [-0.3, -0.25) is 9.59 Å². The first-order valence-electron chi connectivity index (χ1n) is 11.0. The van der Waals surface area contributed by atoms with Crippen molar-refractivity contribution in [2.24, 2.45) is 5.92 Å². The molecule has 0 aromatic heterocycles. The summed E-state index contributed by atoms with van der Waals surface area (Å²) in [6.07, 6.45) is 1.30. The molecule has 0 heterocycles. The molecule has 0 saturated heterocycles. The Bertz CT molecular complexity index is 991. The van der Waals surface area contributed by atoms with Gasteiger partial charge in [-0.05, 0) is 71.4 Å². The van der Waals surface area contributed by atoms with E-state index in [4.69, 9.17) is 9.84 Å². The summed E-state index contributed by atoms with van der Waals surface area (Å²) in [6.45, 7) is 5.64. The number of carboxylic acid groups (broad SMARTS) is 1. The molecule has 34 heavy (non-hydrogen) atoms. The number of hydrogen-bond donors (Lipinski definition) is 3. The monoisotopic (exact) mass is 562 g/mol. The maximum absolute atomic E-state index is 11.7. The van der Waals surface area contributed by atoms with Crippen LogP contribution in [0.2, 0.25) is 0 Å². The Labute approximate surface area is 237 Å². The average molecular weight is 563 g/mol. The van der Waals surface area contributed by atoms with Gasteiger partial charge in [0.2, 0.25) is 0 Å². The minimum absolute atomic E-state index is 0. The molecule has 6 nitrogen and oxygen atoms in total. The third-order valence-corrected chi connectivity index (χ3v) is 7.33. The van der Waals surface area contributed by atoms with Crippen LogP contribution in [-0.2, 0) is 11.2 Å². The number of rotatable bonds is 13. The summed E-state index contributed by atoms with van der Waals surface area (Å²) in [5.41, 5.74) is 1.67. The summed E-state index contributed by atoms with van der Waals surface area (Å²) >= 11 is 5.19. The zero-order chi connectivity index (χ0) is 24.5. The van der Waals surface area contributed by atoms with Gasteiger partial charge in [-0.2, -0.15) is 0 Å². The number of thioether (sulfide) groups is 1. The van der Waals surface area contributed by atoms with E-state index in [9.17, 15) is 19.8 Å². The number of ketones is 1. The number of ether oxygens (including phenoxy) is 1. The van der Waals surface area contributed by atoms with Crippen LogP contribution in [0.4, 0.5) is 0 Å². The molecule has 0 aliphatic rings. The zero-order valence-corrected chi connectivity index (χ0v) is 24.5. The van der Waals surface area contributed by atoms with E-state index in [-0.39, 0.29) is 54.9 Å². The normalized spacial score (nSPS) is 12.5. The fourth-order valence-corrected chi connectivity index (χ4v) is 5.07. The van der Waals surface area contributed by atoms with Gasteiger partial charge in [-0.15, -0.1) is 11.8 Å². The predicted octanol–water partition coefficient (Wildman–Crippen LogP) is 3.13. The number of carbonyl (C=O) groups is 2. The standard InChI is InChI=1S/C25H31BrO6S.Na.H/c1-4-6-19-21(9-8-18(16(3)27)25(19)31)32-11-5-12-33-22-10-7-17(14-20(22)26)24(30)15(2)13-23(28)29;;/h7-10,14-15,24,30-31H,4-6,11-13H2,1-3H3,(H,28,29);;/q;+1;-1. The number of carbonyl (C=O) groups excluding carboxylic acids is 1. The second kappa shape index (κ2) is 15.2. The average Bonchev–Trinajstić information content (AvgIpc) is 2.75. The SMILES string of the molecule is CCCc1c(OCCCSc2ccc(C(O)C(C)CC(=O)O)cc2Br)ccc(C(C)=O)c1O.[H-].[Na+]. The van der Waals surface area contributed by atoms with Crippen LogP contribution in [0, 0.1) is 5.92 Å². The molecule has 2 unspecified atom stereocenters. The quantitative estimate of drug-likeness (QED) is 0.149. The third kappa shape index (κ3) is 8.88. The molecule has 9 heteroatoms. The molecule has 3 N–H and O–H groups in total. The van der Waals surface area contributed by atoms with Gasteiger partial charge in [0.15, 0.2) is 5.78 Å². The van der Waals surface area contributed by atoms with E-state index in [0.717, 1.165) is 28.0 Å². The predicted molar refractivity (Wildman–Crippen MR) is 135 cm³/mol. The summed E-state index contributed by atoms with van der Waals surface area (Å²) in [7, 11) is 0. The minimum atomic E-state index is -0.929. The molecule has 0 spiro atoms. The second-order valence-electron chi connectivity index (χ2n) is 8.00. The van der Waals surface area contributed by atoms with Crippen LogP contribution in [-0.4, -0.2) is 39.4 Å². The summed E-state index contributed by atoms with van der Waals surface area (Å²) < 4.78 is 6.75. The summed E-state index contributed by atoms with van der Waals surface area (Å²) in [5, 5.41) is 29.7. The van der Waals surface area contributed by atoms with E-state index in [1.54, 1.807) is 30.8 Å².